The van der Waals surface area contributed by atoms with Gasteiger partial charge >= 0.3 is 0 Å². The highest BCUT2D eigenvalue weighted by atomic mass is 79.9. The van der Waals surface area contributed by atoms with Gasteiger partial charge in [-0.2, -0.15) is 0 Å². The minimum atomic E-state index is -0.162. The van der Waals surface area contributed by atoms with Crippen LogP contribution in [0.4, 0.5) is 5.69 Å². The third kappa shape index (κ3) is 3.54. The van der Waals surface area contributed by atoms with E-state index in [1.165, 1.54) is 27.5 Å². The molecule has 0 aromatic heterocycles. The third-order valence-corrected chi connectivity index (χ3v) is 7.59. The van der Waals surface area contributed by atoms with E-state index in [-0.39, 0.29) is 17.7 Å². The molecular formula is C30H24BrNO2. The molecule has 0 bridgehead atoms. The molecule has 0 radical (unpaired) electrons. The molecule has 1 N–H and O–H groups in total. The van der Waals surface area contributed by atoms with E-state index in [1.54, 1.807) is 7.11 Å². The Hall–Kier alpha value is -3.37. The number of halogens is 1. The molecule has 6 rings (SSSR count). The molecule has 4 aromatic rings. The van der Waals surface area contributed by atoms with Gasteiger partial charge in [0.05, 0.1) is 13.2 Å². The summed E-state index contributed by atoms with van der Waals surface area (Å²) in [5.74, 6) is 1.20. The number of ketones is 1. The summed E-state index contributed by atoms with van der Waals surface area (Å²) in [6.07, 6.45) is 1.35. The van der Waals surface area contributed by atoms with Gasteiger partial charge in [0.1, 0.15) is 5.75 Å². The predicted molar refractivity (Wildman–Crippen MR) is 141 cm³/mol. The van der Waals surface area contributed by atoms with Gasteiger partial charge in [-0.15, -0.1) is 0 Å². The van der Waals surface area contributed by atoms with Crippen molar-refractivity contribution in [3.63, 3.8) is 0 Å². The van der Waals surface area contributed by atoms with Crippen LogP contribution in [0.3, 0.4) is 0 Å². The molecule has 34 heavy (non-hydrogen) atoms. The van der Waals surface area contributed by atoms with Gasteiger partial charge in [-0.1, -0.05) is 70.5 Å². The highest BCUT2D eigenvalue weighted by molar-refractivity contribution is 9.10. The Morgan fingerprint density at radius 2 is 1.71 bits per heavy atom. The summed E-state index contributed by atoms with van der Waals surface area (Å²) in [4.78, 5) is 13.8. The zero-order chi connectivity index (χ0) is 23.2. The Balaban J connectivity index is 1.54. The average molecular weight is 510 g/mol. The second kappa shape index (κ2) is 8.44. The molecule has 0 unspecified atom stereocenters. The Bertz CT molecular complexity index is 1450. The number of hydrogen-bond acceptors (Lipinski definition) is 3. The van der Waals surface area contributed by atoms with Crippen LogP contribution in [0.25, 0.3) is 16.3 Å². The minimum Gasteiger partial charge on any atom is -0.497 e. The second-order valence-corrected chi connectivity index (χ2v) is 9.95. The molecule has 2 atom stereocenters. The molecule has 1 aliphatic heterocycles. The highest BCUT2D eigenvalue weighted by Gasteiger charge is 2.38. The van der Waals surface area contributed by atoms with Crippen molar-refractivity contribution in [2.75, 3.05) is 12.4 Å². The molecule has 0 saturated carbocycles. The number of Topliss-reactive ketones (excluding diaryl/α,β-unsaturated/α-hetero) is 1. The number of carbonyl (C=O) groups is 1. The lowest BCUT2D eigenvalue weighted by molar-refractivity contribution is -0.116. The van der Waals surface area contributed by atoms with Crippen molar-refractivity contribution in [2.24, 2.45) is 0 Å². The molecule has 0 amide bonds. The van der Waals surface area contributed by atoms with Crippen LogP contribution in [-0.4, -0.2) is 12.9 Å². The summed E-state index contributed by atoms with van der Waals surface area (Å²) >= 11 is 3.61. The van der Waals surface area contributed by atoms with Crippen molar-refractivity contribution in [3.8, 4) is 5.75 Å². The van der Waals surface area contributed by atoms with Gasteiger partial charge in [-0.3, -0.25) is 4.79 Å². The fourth-order valence-corrected chi connectivity index (χ4v) is 5.91. The van der Waals surface area contributed by atoms with Gasteiger partial charge in [0, 0.05) is 27.7 Å². The van der Waals surface area contributed by atoms with E-state index in [4.69, 9.17) is 4.74 Å². The lowest BCUT2D eigenvalue weighted by Gasteiger charge is -2.37. The lowest BCUT2D eigenvalue weighted by Crippen LogP contribution is -2.29. The monoisotopic (exact) mass is 509 g/mol. The number of benzene rings is 4. The van der Waals surface area contributed by atoms with Crippen molar-refractivity contribution in [2.45, 2.75) is 24.8 Å². The Kier molecular flexibility index (Phi) is 5.26. The van der Waals surface area contributed by atoms with Crippen LogP contribution in [0.15, 0.2) is 95.0 Å². The van der Waals surface area contributed by atoms with Crippen molar-refractivity contribution in [1.29, 1.82) is 0 Å². The molecule has 2 aliphatic rings. The number of hydrogen-bond donors (Lipinski definition) is 1. The highest BCUT2D eigenvalue weighted by Crippen LogP contribution is 2.51. The van der Waals surface area contributed by atoms with Gasteiger partial charge in [0.2, 0.25) is 0 Å². The first-order valence-corrected chi connectivity index (χ1v) is 12.4. The number of nitrogens with one attached hydrogen (secondary N) is 1. The molecule has 1 heterocycles. The van der Waals surface area contributed by atoms with Crippen LogP contribution in [0.5, 0.6) is 5.75 Å². The standard InChI is InChI=1S/C30H24BrNO2/c1-34-23-12-9-18(10-13-23)21-16-25-28-24-8-3-2-5-19(24)11-14-26(28)32-30(29(25)27(33)17-21)20-6-4-7-22(31)15-20/h2-15,21,30,32H,16-17H2,1H3/t21-,30-/m1/s1. The molecule has 0 spiro atoms. The van der Waals surface area contributed by atoms with E-state index in [0.717, 1.165) is 33.5 Å². The quantitative estimate of drug-likeness (QED) is 0.307. The van der Waals surface area contributed by atoms with Gasteiger partial charge in [0.15, 0.2) is 5.78 Å². The fourth-order valence-electron chi connectivity index (χ4n) is 5.50. The van der Waals surface area contributed by atoms with E-state index >= 15 is 0 Å². The largest absolute Gasteiger partial charge is 0.497 e. The number of allylic oxidation sites excluding steroid dienone is 1. The van der Waals surface area contributed by atoms with E-state index in [2.05, 4.69) is 81.9 Å². The molecule has 4 heteroatoms. The van der Waals surface area contributed by atoms with Gasteiger partial charge in [0.25, 0.3) is 0 Å². The smallest absolute Gasteiger partial charge is 0.162 e. The molecule has 168 valence electrons. The fraction of sp³-hybridized carbons (Fsp3) is 0.167. The predicted octanol–water partition coefficient (Wildman–Crippen LogP) is 7.68. The maximum Gasteiger partial charge on any atom is 0.162 e. The SMILES string of the molecule is COc1ccc([C@H]2CC(=O)C3=C(C2)c2c(ccc4ccccc24)N[C@@H]3c2cccc(Br)c2)cc1. The summed E-state index contributed by atoms with van der Waals surface area (Å²) in [7, 11) is 1.68. The van der Waals surface area contributed by atoms with Gasteiger partial charge in [-0.05, 0) is 70.1 Å². The van der Waals surface area contributed by atoms with E-state index in [9.17, 15) is 4.79 Å². The van der Waals surface area contributed by atoms with Crippen LogP contribution >= 0.6 is 15.9 Å². The van der Waals surface area contributed by atoms with Crippen LogP contribution < -0.4 is 10.1 Å². The molecule has 0 fully saturated rings. The first-order chi connectivity index (χ1) is 16.6. The Morgan fingerprint density at radius 1 is 0.882 bits per heavy atom. The Labute approximate surface area is 207 Å². The number of fused-ring (bicyclic) bond motifs is 4. The van der Waals surface area contributed by atoms with Crippen molar-refractivity contribution >= 4 is 43.7 Å². The third-order valence-electron chi connectivity index (χ3n) is 7.10. The number of ether oxygens (including phenoxy) is 1. The number of rotatable bonds is 3. The maximum atomic E-state index is 13.8. The minimum absolute atomic E-state index is 0.144. The van der Waals surface area contributed by atoms with Crippen LogP contribution in [0.1, 0.15) is 41.5 Å². The summed E-state index contributed by atoms with van der Waals surface area (Å²) in [6.45, 7) is 0. The summed E-state index contributed by atoms with van der Waals surface area (Å²) in [6, 6.07) is 29.0. The average Bonchev–Trinajstić information content (AvgIpc) is 2.87. The number of carbonyl (C=O) groups excluding carboxylic acids is 1. The molecule has 1 aliphatic carbocycles. The molecule has 4 aromatic carbocycles. The van der Waals surface area contributed by atoms with Crippen LogP contribution in [-0.2, 0) is 4.79 Å². The summed E-state index contributed by atoms with van der Waals surface area (Å²) in [5, 5.41) is 6.10. The Morgan fingerprint density at radius 3 is 2.50 bits per heavy atom. The topological polar surface area (TPSA) is 38.3 Å². The van der Waals surface area contributed by atoms with Gasteiger partial charge in [-0.25, -0.2) is 0 Å². The first-order valence-electron chi connectivity index (χ1n) is 11.6. The first kappa shape index (κ1) is 21.2. The number of methoxy groups -OCH3 is 1. The van der Waals surface area contributed by atoms with Crippen molar-refractivity contribution in [1.82, 2.24) is 0 Å². The molecular weight excluding hydrogens is 486 g/mol. The molecule has 3 nitrogen and oxygen atoms in total. The maximum absolute atomic E-state index is 13.8. The lowest BCUT2D eigenvalue weighted by atomic mass is 9.71. The van der Waals surface area contributed by atoms with E-state index in [1.807, 2.05) is 24.3 Å². The van der Waals surface area contributed by atoms with E-state index < -0.39 is 0 Å². The van der Waals surface area contributed by atoms with Crippen molar-refractivity contribution < 1.29 is 9.53 Å². The van der Waals surface area contributed by atoms with E-state index in [0.29, 0.717) is 6.42 Å². The van der Waals surface area contributed by atoms with Crippen molar-refractivity contribution in [3.05, 3.63) is 112 Å². The second-order valence-electron chi connectivity index (χ2n) is 9.04. The summed E-state index contributed by atoms with van der Waals surface area (Å²) in [5.41, 5.74) is 6.62. The molecule has 0 saturated heterocycles. The van der Waals surface area contributed by atoms with Crippen LogP contribution in [0, 0.1) is 0 Å². The number of anilines is 1. The van der Waals surface area contributed by atoms with Crippen LogP contribution in [0.2, 0.25) is 0 Å². The van der Waals surface area contributed by atoms with Gasteiger partial charge < -0.3 is 10.1 Å². The normalized spacial score (nSPS) is 19.4. The zero-order valence-electron chi connectivity index (χ0n) is 18.8. The summed E-state index contributed by atoms with van der Waals surface area (Å²) < 4.78 is 6.35. The zero-order valence-corrected chi connectivity index (χ0v) is 20.4.